The molecule has 0 aromatic carbocycles. The lowest BCUT2D eigenvalue weighted by Crippen LogP contribution is -2.99. The van der Waals surface area contributed by atoms with Crippen molar-refractivity contribution in [3.8, 4) is 0 Å². The second-order valence-corrected chi connectivity index (χ2v) is 2.17. The van der Waals surface area contributed by atoms with E-state index in [9.17, 15) is 5.21 Å². The van der Waals surface area contributed by atoms with E-state index in [0.29, 0.717) is 0 Å². The van der Waals surface area contributed by atoms with Crippen molar-refractivity contribution in [3.05, 3.63) is 11.5 Å². The van der Waals surface area contributed by atoms with E-state index in [0.717, 1.165) is 5.12 Å². The summed E-state index contributed by atoms with van der Waals surface area (Å²) in [6.07, 6.45) is 1.22. The lowest BCUT2D eigenvalue weighted by Gasteiger charge is -2.08. The molecule has 1 rings (SSSR count). The zero-order chi connectivity index (χ0) is 9.84. The van der Waals surface area contributed by atoms with Gasteiger partial charge in [-0.1, -0.05) is 5.22 Å². The van der Waals surface area contributed by atoms with E-state index in [1.54, 1.807) is 0 Å². The fraction of sp³-hybridized carbons (Fsp3) is 0.250. The van der Waals surface area contributed by atoms with Gasteiger partial charge >= 0.3 is 0 Å². The second kappa shape index (κ2) is 3.91. The van der Waals surface area contributed by atoms with Gasteiger partial charge in [0.2, 0.25) is 0 Å². The zero-order valence-corrected chi connectivity index (χ0v) is 6.80. The summed E-state index contributed by atoms with van der Waals surface area (Å²) in [5.41, 5.74) is 0. The molecular formula is C4H9N7O2. The van der Waals surface area contributed by atoms with Crippen molar-refractivity contribution in [1.29, 1.82) is 0 Å². The summed E-state index contributed by atoms with van der Waals surface area (Å²) in [5.74, 6) is 4.99. The molecule has 0 aliphatic carbocycles. The largest absolute Gasteiger partial charge is 0.594 e. The van der Waals surface area contributed by atoms with Gasteiger partial charge in [0.25, 0.3) is 11.6 Å². The standard InChI is InChI=1S/C4H9N7O2/c1-10(5)9-8-3-4(11(12)13)7-2-6-3/h2,11-12H,5H2,1H3,(H,6,7)/b9-8+. The predicted octanol–water partition coefficient (Wildman–Crippen LogP) is -1.38. The van der Waals surface area contributed by atoms with Gasteiger partial charge in [-0.25, -0.2) is 21.2 Å². The van der Waals surface area contributed by atoms with Crippen LogP contribution in [0.5, 0.6) is 0 Å². The number of hydrogen-bond donors (Lipinski definition) is 4. The van der Waals surface area contributed by atoms with E-state index in [1.165, 1.54) is 13.4 Å². The number of quaternary nitrogens is 1. The molecule has 0 amide bonds. The molecule has 1 heterocycles. The van der Waals surface area contributed by atoms with Crippen LogP contribution in [0, 0.1) is 5.21 Å². The molecule has 0 aliphatic rings. The first-order chi connectivity index (χ1) is 6.11. The molecule has 0 bridgehead atoms. The highest BCUT2D eigenvalue weighted by Crippen LogP contribution is 2.14. The maximum Gasteiger partial charge on any atom is 0.285 e. The van der Waals surface area contributed by atoms with Crippen LogP contribution < -0.4 is 11.1 Å². The summed E-state index contributed by atoms with van der Waals surface area (Å²) in [7, 11) is 1.45. The van der Waals surface area contributed by atoms with E-state index >= 15 is 0 Å². The van der Waals surface area contributed by atoms with Crippen molar-refractivity contribution in [2.24, 2.45) is 16.2 Å². The van der Waals surface area contributed by atoms with Crippen LogP contribution in [0.25, 0.3) is 0 Å². The molecule has 1 aromatic rings. The van der Waals surface area contributed by atoms with Gasteiger partial charge < -0.3 is 5.21 Å². The molecule has 0 saturated carbocycles. The highest BCUT2D eigenvalue weighted by Gasteiger charge is 2.10. The fourth-order valence-corrected chi connectivity index (χ4v) is 0.633. The molecule has 0 saturated heterocycles. The molecule has 5 N–H and O–H groups in total. The van der Waals surface area contributed by atoms with Crippen LogP contribution in [0.1, 0.15) is 0 Å². The monoisotopic (exact) mass is 187 g/mol. The Kier molecular flexibility index (Phi) is 2.87. The van der Waals surface area contributed by atoms with Crippen LogP contribution in [0.4, 0.5) is 11.6 Å². The quantitative estimate of drug-likeness (QED) is 0.263. The number of aromatic nitrogens is 2. The van der Waals surface area contributed by atoms with Gasteiger partial charge in [-0.05, 0) is 0 Å². The predicted molar refractivity (Wildman–Crippen MR) is 40.8 cm³/mol. The Balaban J connectivity index is 2.82. The lowest BCUT2D eigenvalue weighted by atomic mass is 10.7. The molecule has 1 atom stereocenters. The van der Waals surface area contributed by atoms with Gasteiger partial charge in [0.15, 0.2) is 0 Å². The van der Waals surface area contributed by atoms with E-state index in [2.05, 4.69) is 20.3 Å². The molecule has 0 spiro atoms. The number of nitrogens with two attached hydrogens (primary N) is 1. The van der Waals surface area contributed by atoms with Crippen molar-refractivity contribution in [2.45, 2.75) is 0 Å². The minimum Gasteiger partial charge on any atom is -0.594 e. The number of imidazole rings is 1. The number of nitrogens with zero attached hydrogens (tertiary/aromatic N) is 4. The number of hydrazine groups is 1. The first kappa shape index (κ1) is 9.54. The molecule has 1 unspecified atom stereocenters. The first-order valence-electron chi connectivity index (χ1n) is 3.28. The first-order valence-corrected chi connectivity index (χ1v) is 3.28. The van der Waals surface area contributed by atoms with Crippen molar-refractivity contribution >= 4 is 11.6 Å². The minimum absolute atomic E-state index is 0.00944. The van der Waals surface area contributed by atoms with Crippen molar-refractivity contribution in [1.82, 2.24) is 15.1 Å². The Labute approximate surface area is 73.0 Å². The van der Waals surface area contributed by atoms with Crippen molar-refractivity contribution in [2.75, 3.05) is 7.05 Å². The number of nitrogens with one attached hydrogen (secondary N) is 2. The molecule has 13 heavy (non-hydrogen) atoms. The topological polar surface area (TPSA) is 130 Å². The highest BCUT2D eigenvalue weighted by atomic mass is 16.8. The van der Waals surface area contributed by atoms with Crippen LogP contribution in [0.2, 0.25) is 0 Å². The van der Waals surface area contributed by atoms with Crippen LogP contribution in [0.3, 0.4) is 0 Å². The van der Waals surface area contributed by atoms with E-state index in [1.807, 2.05) is 0 Å². The van der Waals surface area contributed by atoms with Crippen LogP contribution >= 0.6 is 0 Å². The molecule has 1 aromatic heterocycles. The number of rotatable bonds is 3. The third-order valence-corrected chi connectivity index (χ3v) is 1.11. The number of H-pyrrole nitrogens is 1. The minimum atomic E-state index is -1.15. The normalized spacial score (nSPS) is 13.5. The maximum absolute atomic E-state index is 10.5. The Hall–Kier alpha value is -1.55. The van der Waals surface area contributed by atoms with Crippen LogP contribution in [-0.2, 0) is 0 Å². The SMILES string of the molecule is CN(N)/N=N/c1nc[nH]c1[NH+]([O-])O. The molecule has 72 valence electrons. The Bertz CT molecular complexity index is 292. The van der Waals surface area contributed by atoms with Gasteiger partial charge in [-0.15, -0.1) is 5.11 Å². The maximum atomic E-state index is 10.5. The average Bonchev–Trinajstić information content (AvgIpc) is 2.47. The third kappa shape index (κ3) is 2.45. The summed E-state index contributed by atoms with van der Waals surface area (Å²) in [5, 5.41) is 25.8. The van der Waals surface area contributed by atoms with Crippen LogP contribution in [-0.4, -0.2) is 27.3 Å². The molecule has 9 heteroatoms. The average molecular weight is 187 g/mol. The molecule has 0 radical (unpaired) electrons. The zero-order valence-electron chi connectivity index (χ0n) is 6.80. The highest BCUT2D eigenvalue weighted by molar-refractivity contribution is 5.43. The van der Waals surface area contributed by atoms with Gasteiger partial charge in [0.05, 0.1) is 6.33 Å². The summed E-state index contributed by atoms with van der Waals surface area (Å²) < 4.78 is 0. The molecule has 0 aliphatic heterocycles. The summed E-state index contributed by atoms with van der Waals surface area (Å²) in [4.78, 5) is 6.04. The van der Waals surface area contributed by atoms with Gasteiger partial charge in [0.1, 0.15) is 0 Å². The van der Waals surface area contributed by atoms with E-state index < -0.39 is 5.23 Å². The Morgan fingerprint density at radius 3 is 3.08 bits per heavy atom. The molecular weight excluding hydrogens is 178 g/mol. The third-order valence-electron chi connectivity index (χ3n) is 1.11. The van der Waals surface area contributed by atoms with Crippen LogP contribution in [0.15, 0.2) is 16.7 Å². The van der Waals surface area contributed by atoms with Crippen molar-refractivity contribution < 1.29 is 10.4 Å². The van der Waals surface area contributed by atoms with Gasteiger partial charge in [-0.2, -0.15) is 5.23 Å². The van der Waals surface area contributed by atoms with Crippen molar-refractivity contribution in [3.63, 3.8) is 0 Å². The number of hydrogen-bond acceptors (Lipinski definition) is 6. The summed E-state index contributed by atoms with van der Waals surface area (Å²) in [6.45, 7) is 0. The van der Waals surface area contributed by atoms with Gasteiger partial charge in [0, 0.05) is 7.05 Å². The van der Waals surface area contributed by atoms with E-state index in [4.69, 9.17) is 11.0 Å². The van der Waals surface area contributed by atoms with Gasteiger partial charge in [-0.3, -0.25) is 4.98 Å². The number of aromatic amines is 1. The lowest BCUT2D eigenvalue weighted by molar-refractivity contribution is -0.992. The summed E-state index contributed by atoms with van der Waals surface area (Å²) in [6, 6.07) is 0. The fourth-order valence-electron chi connectivity index (χ4n) is 0.633. The smallest absolute Gasteiger partial charge is 0.285 e. The van der Waals surface area contributed by atoms with E-state index in [-0.39, 0.29) is 11.6 Å². The Morgan fingerprint density at radius 2 is 2.54 bits per heavy atom. The molecule has 0 fully saturated rings. The second-order valence-electron chi connectivity index (χ2n) is 2.17. The Morgan fingerprint density at radius 1 is 1.85 bits per heavy atom. The molecule has 9 nitrogen and oxygen atoms in total. The summed E-state index contributed by atoms with van der Waals surface area (Å²) >= 11 is 0.